The third-order valence-corrected chi connectivity index (χ3v) is 5.11. The van der Waals surface area contributed by atoms with Crippen molar-refractivity contribution < 1.29 is 29.3 Å². The van der Waals surface area contributed by atoms with E-state index >= 15 is 0 Å². The second kappa shape index (κ2) is 3.53. The predicted molar refractivity (Wildman–Crippen MR) is 66.1 cm³/mol. The van der Waals surface area contributed by atoms with Crippen molar-refractivity contribution in [1.82, 2.24) is 0 Å². The van der Waals surface area contributed by atoms with Gasteiger partial charge in [0.05, 0.1) is 5.92 Å². The van der Waals surface area contributed by atoms with E-state index in [1.807, 2.05) is 0 Å². The van der Waals surface area contributed by atoms with Crippen LogP contribution < -0.4 is 0 Å². The highest BCUT2D eigenvalue weighted by atomic mass is 35.5. The minimum atomic E-state index is -9.73. The van der Waals surface area contributed by atoms with E-state index in [1.165, 1.54) is 0 Å². The molecule has 0 heterocycles. The molecular formula is C10H7Cl2F5O2S. The van der Waals surface area contributed by atoms with Crippen LogP contribution in [-0.2, 0) is 4.79 Å². The van der Waals surface area contributed by atoms with Gasteiger partial charge in [-0.3, -0.25) is 4.79 Å². The number of halogens is 7. The molecule has 2 atom stereocenters. The fourth-order valence-electron chi connectivity index (χ4n) is 1.98. The maximum atomic E-state index is 12.5. The standard InChI is InChI=1S/C10H7Cl2F5O2S/c11-10(12)7(8(10)9(18)19)5-1-3-6(4-2-5)20(13,14,15,16)17/h1-4,7-8H,(H,18,19). The zero-order chi connectivity index (χ0) is 15.6. The highest BCUT2D eigenvalue weighted by molar-refractivity contribution is 8.45. The lowest BCUT2D eigenvalue weighted by Gasteiger charge is -2.40. The molecule has 1 aliphatic rings. The minimum absolute atomic E-state index is 0.0630. The van der Waals surface area contributed by atoms with Crippen LogP contribution in [0.3, 0.4) is 0 Å². The zero-order valence-electron chi connectivity index (χ0n) is 9.37. The molecule has 0 aromatic heterocycles. The van der Waals surface area contributed by atoms with Gasteiger partial charge in [-0.2, -0.15) is 0 Å². The molecule has 1 saturated carbocycles. The summed E-state index contributed by atoms with van der Waals surface area (Å²) in [5, 5.41) is 8.82. The Morgan fingerprint density at radius 3 is 1.85 bits per heavy atom. The summed E-state index contributed by atoms with van der Waals surface area (Å²) in [5.74, 6) is -3.43. The number of alkyl halides is 2. The summed E-state index contributed by atoms with van der Waals surface area (Å²) >= 11 is 11.4. The van der Waals surface area contributed by atoms with Gasteiger partial charge in [0, 0.05) is 5.92 Å². The molecule has 1 aliphatic carbocycles. The van der Waals surface area contributed by atoms with Crippen molar-refractivity contribution in [3.05, 3.63) is 29.8 Å². The summed E-state index contributed by atoms with van der Waals surface area (Å²) in [4.78, 5) is 8.78. The first-order valence-corrected chi connectivity index (χ1v) is 7.80. The normalized spacial score (nSPS) is 28.4. The second-order valence-electron chi connectivity index (χ2n) is 4.51. The molecule has 0 aliphatic heterocycles. The lowest BCUT2D eigenvalue weighted by molar-refractivity contribution is -0.138. The van der Waals surface area contributed by atoms with Gasteiger partial charge < -0.3 is 5.11 Å². The summed E-state index contributed by atoms with van der Waals surface area (Å²) in [6, 6.07) is 1.94. The van der Waals surface area contributed by atoms with E-state index in [9.17, 15) is 24.2 Å². The van der Waals surface area contributed by atoms with Gasteiger partial charge in [0.15, 0.2) is 0 Å². The highest BCUT2D eigenvalue weighted by Crippen LogP contribution is 3.02. The Balaban J connectivity index is 2.35. The van der Waals surface area contributed by atoms with Crippen LogP contribution in [-0.4, -0.2) is 15.4 Å². The van der Waals surface area contributed by atoms with Crippen LogP contribution in [0.5, 0.6) is 0 Å². The van der Waals surface area contributed by atoms with Crippen LogP contribution in [0.4, 0.5) is 19.4 Å². The molecule has 2 nitrogen and oxygen atoms in total. The molecular weight excluding hydrogens is 350 g/mol. The molecule has 2 rings (SSSR count). The second-order valence-corrected chi connectivity index (χ2v) is 8.36. The first kappa shape index (κ1) is 15.7. The molecule has 1 N–H and O–H groups in total. The number of aliphatic carboxylic acids is 1. The molecule has 0 amide bonds. The SMILES string of the molecule is O=C(O)C1C(c2ccc(S(F)(F)(F)(F)F)cc2)C1(Cl)Cl. The molecule has 0 saturated heterocycles. The van der Waals surface area contributed by atoms with E-state index in [1.54, 1.807) is 0 Å². The minimum Gasteiger partial charge on any atom is -0.481 e. The van der Waals surface area contributed by atoms with Crippen LogP contribution in [0.1, 0.15) is 11.5 Å². The average Bonchev–Trinajstić information content (AvgIpc) is 2.78. The highest BCUT2D eigenvalue weighted by Gasteiger charge is 2.69. The van der Waals surface area contributed by atoms with E-state index in [0.29, 0.717) is 0 Å². The lowest BCUT2D eigenvalue weighted by atomic mass is 10.1. The molecule has 1 aromatic carbocycles. The molecule has 2 unspecified atom stereocenters. The number of hydrogen-bond acceptors (Lipinski definition) is 1. The van der Waals surface area contributed by atoms with Crippen LogP contribution >= 0.6 is 33.4 Å². The van der Waals surface area contributed by atoms with Crippen molar-refractivity contribution >= 4 is 39.4 Å². The average molecular weight is 357 g/mol. The van der Waals surface area contributed by atoms with Gasteiger partial charge in [-0.25, -0.2) is 0 Å². The first-order valence-electron chi connectivity index (χ1n) is 5.09. The van der Waals surface area contributed by atoms with Crippen LogP contribution in [0, 0.1) is 5.92 Å². The van der Waals surface area contributed by atoms with Gasteiger partial charge in [-0.1, -0.05) is 54.8 Å². The number of carbonyl (C=O) groups is 1. The Bertz CT molecular complexity index is 584. The van der Waals surface area contributed by atoms with Crippen molar-refractivity contribution in [1.29, 1.82) is 0 Å². The summed E-state index contributed by atoms with van der Waals surface area (Å²) < 4.78 is 60.9. The smallest absolute Gasteiger partial charge is 0.310 e. The quantitative estimate of drug-likeness (QED) is 0.588. The van der Waals surface area contributed by atoms with Gasteiger partial charge in [-0.05, 0) is 17.7 Å². The summed E-state index contributed by atoms with van der Waals surface area (Å²) in [7, 11) is -9.73. The third-order valence-electron chi connectivity index (χ3n) is 3.00. The van der Waals surface area contributed by atoms with Crippen LogP contribution in [0.25, 0.3) is 0 Å². The van der Waals surface area contributed by atoms with Crippen molar-refractivity contribution in [2.45, 2.75) is 15.1 Å². The van der Waals surface area contributed by atoms with E-state index < -0.39 is 37.3 Å². The van der Waals surface area contributed by atoms with Crippen LogP contribution in [0.15, 0.2) is 29.2 Å². The van der Waals surface area contributed by atoms with Crippen molar-refractivity contribution in [2.75, 3.05) is 0 Å². The summed E-state index contributed by atoms with van der Waals surface area (Å²) in [6.07, 6.45) is 0. The van der Waals surface area contributed by atoms with Gasteiger partial charge in [0.1, 0.15) is 9.23 Å². The fraction of sp³-hybridized carbons (Fsp3) is 0.300. The topological polar surface area (TPSA) is 37.3 Å². The number of hydrogen-bond donors (Lipinski definition) is 1. The summed E-state index contributed by atoms with van der Waals surface area (Å²) in [5.41, 5.74) is 0.0630. The molecule has 0 radical (unpaired) electrons. The molecule has 0 bridgehead atoms. The Morgan fingerprint density at radius 1 is 1.10 bits per heavy atom. The fourth-order valence-corrected chi connectivity index (χ4v) is 3.45. The van der Waals surface area contributed by atoms with Crippen molar-refractivity contribution in [2.24, 2.45) is 5.92 Å². The predicted octanol–water partition coefficient (Wildman–Crippen LogP) is 5.32. The van der Waals surface area contributed by atoms with Gasteiger partial charge in [0.2, 0.25) is 0 Å². The Labute approximate surface area is 120 Å². The van der Waals surface area contributed by atoms with Gasteiger partial charge in [-0.15, -0.1) is 0 Å². The van der Waals surface area contributed by atoms with Gasteiger partial charge in [0.25, 0.3) is 0 Å². The molecule has 1 aromatic rings. The van der Waals surface area contributed by atoms with Crippen molar-refractivity contribution in [3.8, 4) is 0 Å². The largest absolute Gasteiger partial charge is 0.481 e. The first-order chi connectivity index (χ1) is 8.64. The van der Waals surface area contributed by atoms with Gasteiger partial charge >= 0.3 is 16.2 Å². The molecule has 20 heavy (non-hydrogen) atoms. The Hall–Kier alpha value is -0.730. The molecule has 1 fully saturated rings. The zero-order valence-corrected chi connectivity index (χ0v) is 11.7. The van der Waals surface area contributed by atoms with E-state index in [2.05, 4.69) is 0 Å². The van der Waals surface area contributed by atoms with Crippen LogP contribution in [0.2, 0.25) is 0 Å². The van der Waals surface area contributed by atoms with E-state index in [-0.39, 0.29) is 17.7 Å². The number of benzene rings is 1. The maximum absolute atomic E-state index is 12.5. The molecule has 0 spiro atoms. The van der Waals surface area contributed by atoms with E-state index in [4.69, 9.17) is 28.3 Å². The Morgan fingerprint density at radius 2 is 1.55 bits per heavy atom. The Kier molecular flexibility index (Phi) is 2.77. The monoisotopic (exact) mass is 356 g/mol. The van der Waals surface area contributed by atoms with Crippen molar-refractivity contribution in [3.63, 3.8) is 0 Å². The third kappa shape index (κ3) is 2.68. The number of carboxylic acid groups (broad SMARTS) is 1. The van der Waals surface area contributed by atoms with E-state index in [0.717, 1.165) is 12.1 Å². The molecule has 10 heteroatoms. The maximum Gasteiger partial charge on any atom is 0.310 e. The lowest BCUT2D eigenvalue weighted by Crippen LogP contribution is -2.06. The number of carboxylic acids is 1. The number of rotatable bonds is 3. The summed E-state index contributed by atoms with van der Waals surface area (Å²) in [6.45, 7) is 0. The molecule has 114 valence electrons.